The van der Waals surface area contributed by atoms with Gasteiger partial charge in [0.25, 0.3) is 0 Å². The summed E-state index contributed by atoms with van der Waals surface area (Å²) in [5, 5.41) is 3.16. The fourth-order valence-corrected chi connectivity index (χ4v) is 1.86. The first kappa shape index (κ1) is 11.8. The van der Waals surface area contributed by atoms with Gasteiger partial charge in [-0.2, -0.15) is 4.98 Å². The molecule has 6 nitrogen and oxygen atoms in total. The number of nitrogens with one attached hydrogen (secondary N) is 1. The molecule has 0 bridgehead atoms. The number of furan rings is 1. The lowest BCUT2D eigenvalue weighted by molar-refractivity contribution is 0.397. The van der Waals surface area contributed by atoms with Crippen molar-refractivity contribution in [1.82, 2.24) is 9.97 Å². The second kappa shape index (κ2) is 4.79. The molecule has 1 aliphatic rings. The van der Waals surface area contributed by atoms with E-state index in [2.05, 4.69) is 15.3 Å². The number of nitrogens with two attached hydrogens (primary N) is 1. The molecule has 0 unspecified atom stereocenters. The lowest BCUT2D eigenvalue weighted by Gasteiger charge is -2.11. The van der Waals surface area contributed by atoms with Crippen LogP contribution in [0.15, 0.2) is 22.8 Å². The molecular weight excluding hydrogens is 244 g/mol. The van der Waals surface area contributed by atoms with Gasteiger partial charge in [0.1, 0.15) is 17.3 Å². The van der Waals surface area contributed by atoms with Crippen molar-refractivity contribution < 1.29 is 9.15 Å². The van der Waals surface area contributed by atoms with E-state index in [4.69, 9.17) is 14.9 Å². The van der Waals surface area contributed by atoms with Crippen LogP contribution in [0.3, 0.4) is 0 Å². The van der Waals surface area contributed by atoms with Crippen molar-refractivity contribution in [3.05, 3.63) is 30.0 Å². The van der Waals surface area contributed by atoms with Gasteiger partial charge in [-0.3, -0.25) is 0 Å². The first-order valence-corrected chi connectivity index (χ1v) is 6.25. The van der Waals surface area contributed by atoms with E-state index in [-0.39, 0.29) is 0 Å². The van der Waals surface area contributed by atoms with Crippen molar-refractivity contribution in [2.24, 2.45) is 0 Å². The highest BCUT2D eigenvalue weighted by atomic mass is 16.5. The molecule has 3 rings (SSSR count). The quantitative estimate of drug-likeness (QED) is 0.856. The fourth-order valence-electron chi connectivity index (χ4n) is 1.86. The van der Waals surface area contributed by atoms with Crippen LogP contribution >= 0.6 is 0 Å². The SMILES string of the molecule is COc1nc(C2CC2)nc(NCc2ccco2)c1N. The number of nitrogen functional groups attached to an aromatic ring is 1. The van der Waals surface area contributed by atoms with Crippen LogP contribution in [0.25, 0.3) is 0 Å². The lowest BCUT2D eigenvalue weighted by Crippen LogP contribution is -2.09. The first-order valence-electron chi connectivity index (χ1n) is 6.25. The Balaban J connectivity index is 1.83. The molecule has 0 radical (unpaired) electrons. The van der Waals surface area contributed by atoms with Crippen LogP contribution in [-0.2, 0) is 6.54 Å². The summed E-state index contributed by atoms with van der Waals surface area (Å²) in [7, 11) is 1.56. The van der Waals surface area contributed by atoms with Gasteiger partial charge in [0, 0.05) is 5.92 Å². The monoisotopic (exact) mass is 260 g/mol. The van der Waals surface area contributed by atoms with E-state index < -0.39 is 0 Å². The van der Waals surface area contributed by atoms with Gasteiger partial charge in [-0.15, -0.1) is 0 Å². The van der Waals surface area contributed by atoms with E-state index in [1.54, 1.807) is 13.4 Å². The van der Waals surface area contributed by atoms with E-state index in [0.717, 1.165) is 24.4 Å². The number of nitrogens with zero attached hydrogens (tertiary/aromatic N) is 2. The second-order valence-electron chi connectivity index (χ2n) is 4.56. The summed E-state index contributed by atoms with van der Waals surface area (Å²) in [6, 6.07) is 3.74. The molecule has 0 amide bonds. The molecule has 0 aromatic carbocycles. The minimum absolute atomic E-state index is 0.429. The predicted molar refractivity (Wildman–Crippen MR) is 71.0 cm³/mol. The maximum atomic E-state index is 5.98. The Morgan fingerprint density at radius 1 is 1.47 bits per heavy atom. The van der Waals surface area contributed by atoms with E-state index in [0.29, 0.717) is 29.8 Å². The minimum Gasteiger partial charge on any atom is -0.479 e. The van der Waals surface area contributed by atoms with E-state index >= 15 is 0 Å². The maximum Gasteiger partial charge on any atom is 0.242 e. The summed E-state index contributed by atoms with van der Waals surface area (Å²) in [6.07, 6.45) is 3.89. The highest BCUT2D eigenvalue weighted by Gasteiger charge is 2.28. The molecule has 2 aromatic rings. The molecule has 0 saturated heterocycles. The summed E-state index contributed by atoms with van der Waals surface area (Å²) in [6.45, 7) is 0.529. The van der Waals surface area contributed by atoms with E-state index in [9.17, 15) is 0 Å². The molecule has 0 spiro atoms. The highest BCUT2D eigenvalue weighted by Crippen LogP contribution is 2.40. The summed E-state index contributed by atoms with van der Waals surface area (Å²) in [5.74, 6) is 3.10. The van der Waals surface area contributed by atoms with E-state index in [1.807, 2.05) is 12.1 Å². The third kappa shape index (κ3) is 2.47. The number of ether oxygens (including phenoxy) is 1. The smallest absolute Gasteiger partial charge is 0.242 e. The number of anilines is 2. The molecule has 0 atom stereocenters. The highest BCUT2D eigenvalue weighted by molar-refractivity contribution is 5.67. The Bertz CT molecular complexity index is 564. The second-order valence-corrected chi connectivity index (χ2v) is 4.56. The zero-order valence-electron chi connectivity index (χ0n) is 10.7. The molecule has 1 aliphatic carbocycles. The Morgan fingerprint density at radius 2 is 2.32 bits per heavy atom. The van der Waals surface area contributed by atoms with Crippen LogP contribution in [-0.4, -0.2) is 17.1 Å². The van der Waals surface area contributed by atoms with Crippen molar-refractivity contribution >= 4 is 11.5 Å². The van der Waals surface area contributed by atoms with Crippen LogP contribution in [0.2, 0.25) is 0 Å². The lowest BCUT2D eigenvalue weighted by atomic mass is 10.3. The van der Waals surface area contributed by atoms with Gasteiger partial charge in [0.15, 0.2) is 5.82 Å². The zero-order valence-corrected chi connectivity index (χ0v) is 10.7. The molecule has 19 heavy (non-hydrogen) atoms. The fraction of sp³-hybridized carbons (Fsp3) is 0.385. The average Bonchev–Trinajstić information content (AvgIpc) is 3.14. The number of methoxy groups -OCH3 is 1. The van der Waals surface area contributed by atoms with Crippen molar-refractivity contribution in [1.29, 1.82) is 0 Å². The summed E-state index contributed by atoms with van der Waals surface area (Å²) >= 11 is 0. The standard InChI is InChI=1S/C13H16N4O2/c1-18-13-10(14)12(15-7-9-3-2-6-19-9)16-11(17-13)8-4-5-8/h2-3,6,8H,4-5,7,14H2,1H3,(H,15,16,17). The van der Waals surface area contributed by atoms with Crippen LogP contribution in [0.4, 0.5) is 11.5 Å². The molecule has 2 heterocycles. The van der Waals surface area contributed by atoms with Crippen LogP contribution in [0.1, 0.15) is 30.3 Å². The van der Waals surface area contributed by atoms with Crippen molar-refractivity contribution in [2.75, 3.05) is 18.2 Å². The van der Waals surface area contributed by atoms with Crippen molar-refractivity contribution in [3.8, 4) is 5.88 Å². The molecule has 0 aliphatic heterocycles. The number of hydrogen-bond donors (Lipinski definition) is 2. The molecular formula is C13H16N4O2. The van der Waals surface area contributed by atoms with Crippen LogP contribution < -0.4 is 15.8 Å². The molecule has 6 heteroatoms. The van der Waals surface area contributed by atoms with Gasteiger partial charge in [-0.05, 0) is 25.0 Å². The Labute approximate surface area is 111 Å². The molecule has 1 fully saturated rings. The third-order valence-electron chi connectivity index (χ3n) is 3.07. The summed E-state index contributed by atoms with van der Waals surface area (Å²) in [4.78, 5) is 8.81. The summed E-state index contributed by atoms with van der Waals surface area (Å²) in [5.41, 5.74) is 6.41. The van der Waals surface area contributed by atoms with Gasteiger partial charge in [-0.25, -0.2) is 4.98 Å². The average molecular weight is 260 g/mol. The van der Waals surface area contributed by atoms with Gasteiger partial charge in [0.2, 0.25) is 5.88 Å². The van der Waals surface area contributed by atoms with Crippen LogP contribution in [0, 0.1) is 0 Å². The van der Waals surface area contributed by atoms with Gasteiger partial charge in [-0.1, -0.05) is 0 Å². The number of rotatable bonds is 5. The minimum atomic E-state index is 0.429. The molecule has 3 N–H and O–H groups in total. The normalized spacial score (nSPS) is 14.4. The summed E-state index contributed by atoms with van der Waals surface area (Å²) < 4.78 is 10.5. The Hall–Kier alpha value is -2.24. The third-order valence-corrected chi connectivity index (χ3v) is 3.07. The number of aromatic nitrogens is 2. The van der Waals surface area contributed by atoms with Crippen LogP contribution in [0.5, 0.6) is 5.88 Å². The van der Waals surface area contributed by atoms with Crippen molar-refractivity contribution in [2.45, 2.75) is 25.3 Å². The van der Waals surface area contributed by atoms with Gasteiger partial charge < -0.3 is 20.2 Å². The van der Waals surface area contributed by atoms with Gasteiger partial charge >= 0.3 is 0 Å². The van der Waals surface area contributed by atoms with Gasteiger partial charge in [0.05, 0.1) is 19.9 Å². The molecule has 100 valence electrons. The van der Waals surface area contributed by atoms with Crippen molar-refractivity contribution in [3.63, 3.8) is 0 Å². The van der Waals surface area contributed by atoms with E-state index in [1.165, 1.54) is 0 Å². The predicted octanol–water partition coefficient (Wildman–Crippen LogP) is 2.15. The maximum absolute atomic E-state index is 5.98. The molecule has 1 saturated carbocycles. The topological polar surface area (TPSA) is 86.2 Å². The number of hydrogen-bond acceptors (Lipinski definition) is 6. The molecule has 2 aromatic heterocycles. The Morgan fingerprint density at radius 3 is 2.95 bits per heavy atom. The largest absolute Gasteiger partial charge is 0.479 e. The first-order chi connectivity index (χ1) is 9.28. The Kier molecular flexibility index (Phi) is 2.98. The zero-order chi connectivity index (χ0) is 13.2.